The van der Waals surface area contributed by atoms with Crippen LogP contribution < -0.4 is 37.9 Å². The molecule has 826 valence electrons. The number of ether oxygens (including phenoxy) is 6. The molecule has 4 atom stereocenters. The Bertz CT molecular complexity index is 5590. The summed E-state index contributed by atoms with van der Waals surface area (Å²) in [7, 11) is 2.33. The van der Waals surface area contributed by atoms with Gasteiger partial charge in [0.2, 0.25) is 55.5 Å². The smallest absolute Gasteiger partial charge is 0.248 e. The molecule has 150 heavy (non-hydrogen) atoms. The summed E-state index contributed by atoms with van der Waals surface area (Å²) in [6, 6.07) is 10.1. The van der Waals surface area contributed by atoms with E-state index in [-0.39, 0.29) is 128 Å². The molecule has 0 aliphatic heterocycles. The Morgan fingerprint density at radius 3 is 0.940 bits per heavy atom. The molecule has 9 aliphatic carbocycles. The number of ketones is 4. The number of aliphatic hydroxyl groups is 5. The van der Waals surface area contributed by atoms with E-state index in [0.717, 1.165) is 62.8 Å². The highest BCUT2D eigenvalue weighted by Crippen LogP contribution is 2.65. The van der Waals surface area contributed by atoms with Gasteiger partial charge in [0.05, 0.1) is 86.5 Å². The molecule has 0 unspecified atom stereocenters. The van der Waals surface area contributed by atoms with E-state index in [4.69, 9.17) is 33.5 Å². The van der Waals surface area contributed by atoms with Crippen LogP contribution in [0.25, 0.3) is 36.5 Å². The molecule has 9 fully saturated rings. The second-order valence-corrected chi connectivity index (χ2v) is 46.2. The highest BCUT2D eigenvalue weighted by atomic mass is 32.2. The van der Waals surface area contributed by atoms with E-state index in [1.807, 2.05) is 69.4 Å². The largest absolute Gasteiger partial charge is 0.495 e. The molecule has 3 spiro atoms. The summed E-state index contributed by atoms with van der Waals surface area (Å²) in [5.74, 6) is -4.29. The summed E-state index contributed by atoms with van der Waals surface area (Å²) in [5, 5.41) is 69.5. The van der Waals surface area contributed by atoms with Crippen LogP contribution in [0.3, 0.4) is 0 Å². The normalized spacial score (nSPS) is 21.8. The Kier molecular flexibility index (Phi) is 45.2. The van der Waals surface area contributed by atoms with Gasteiger partial charge in [-0.25, -0.2) is 58.1 Å². The van der Waals surface area contributed by atoms with Gasteiger partial charge in [0.25, 0.3) is 0 Å². The third-order valence-electron chi connectivity index (χ3n) is 30.7. The Labute approximate surface area is 879 Å². The first-order chi connectivity index (χ1) is 71.2. The number of methoxy groups -OCH3 is 6. The van der Waals surface area contributed by atoms with Crippen LogP contribution in [0.1, 0.15) is 322 Å². The van der Waals surface area contributed by atoms with E-state index < -0.39 is 61.7 Å². The van der Waals surface area contributed by atoms with Crippen LogP contribution in [0.15, 0.2) is 91.4 Å². The number of alkyl halides is 6. The minimum absolute atomic E-state index is 0.00472. The number of hydrogen-bond donors (Lipinski definition) is 7. The maximum Gasteiger partial charge on any atom is 0.248 e. The van der Waals surface area contributed by atoms with Crippen molar-refractivity contribution in [3.63, 3.8) is 0 Å². The summed E-state index contributed by atoms with van der Waals surface area (Å²) >= 11 is 0. The van der Waals surface area contributed by atoms with Crippen molar-refractivity contribution in [1.82, 2.24) is 45.5 Å². The van der Waals surface area contributed by atoms with Crippen molar-refractivity contribution < 1.29 is 116 Å². The number of carbonyl (C=O) groups is 4. The number of rotatable bonds is 45. The van der Waals surface area contributed by atoms with Crippen LogP contribution in [-0.2, 0) is 20.0 Å². The van der Waals surface area contributed by atoms with Crippen LogP contribution in [0.2, 0.25) is 0 Å². The highest BCUT2D eigenvalue weighted by molar-refractivity contribution is 7.92. The number of aromatic nitrogens is 9. The van der Waals surface area contributed by atoms with E-state index >= 15 is 0 Å². The number of aliphatic hydroxyl groups excluding tert-OH is 5. The molecule has 0 bridgehead atoms. The number of anilines is 2. The molecule has 15 rings (SSSR count). The number of nitrogens with one attached hydrogen (secondary N) is 2. The molecule has 0 radical (unpaired) electrons. The van der Waals surface area contributed by atoms with Crippen molar-refractivity contribution in [3.8, 4) is 34.9 Å². The lowest BCUT2D eigenvalue weighted by Gasteiger charge is -2.33. The van der Waals surface area contributed by atoms with Gasteiger partial charge in [0.1, 0.15) is 45.8 Å². The summed E-state index contributed by atoms with van der Waals surface area (Å²) in [6.45, 7) is 8.52. The van der Waals surface area contributed by atoms with E-state index in [2.05, 4.69) is 79.3 Å². The van der Waals surface area contributed by atoms with Gasteiger partial charge in [0.15, 0.2) is 29.0 Å². The van der Waals surface area contributed by atoms with E-state index in [9.17, 15) is 82.8 Å². The lowest BCUT2D eigenvalue weighted by atomic mass is 9.72. The van der Waals surface area contributed by atoms with E-state index in [1.54, 1.807) is 64.1 Å². The van der Waals surface area contributed by atoms with Crippen molar-refractivity contribution in [2.75, 3.05) is 91.0 Å². The third-order valence-corrected chi connectivity index (χ3v) is 31.8. The molecule has 9 aliphatic rings. The van der Waals surface area contributed by atoms with E-state index in [1.165, 1.54) is 111 Å². The van der Waals surface area contributed by atoms with Gasteiger partial charge < -0.3 is 54.0 Å². The number of hydrogen-bond acceptors (Lipinski definition) is 28. The fourth-order valence-corrected chi connectivity index (χ4v) is 21.2. The van der Waals surface area contributed by atoms with Gasteiger partial charge in [-0.3, -0.25) is 28.6 Å². The van der Waals surface area contributed by atoms with Crippen LogP contribution >= 0.6 is 0 Å². The van der Waals surface area contributed by atoms with Gasteiger partial charge >= 0.3 is 0 Å². The van der Waals surface area contributed by atoms with Crippen molar-refractivity contribution in [2.45, 2.75) is 271 Å². The summed E-state index contributed by atoms with van der Waals surface area (Å²) in [6.07, 6.45) is 56.8. The average molecular weight is 2140 g/mol. The number of allylic oxidation sites excluding steroid dienone is 6. The monoisotopic (exact) mass is 2140 g/mol. The Morgan fingerprint density at radius 2 is 0.647 bits per heavy atom. The van der Waals surface area contributed by atoms with Gasteiger partial charge in [-0.2, -0.15) is 0 Å². The van der Waals surface area contributed by atoms with Gasteiger partial charge in [-0.05, 0) is 287 Å². The van der Waals surface area contributed by atoms with Gasteiger partial charge in [0, 0.05) is 96.6 Å². The minimum atomic E-state index is -3.46. The fourth-order valence-electron chi connectivity index (χ4n) is 20.2. The lowest BCUT2D eigenvalue weighted by molar-refractivity contribution is -0.0563. The molecule has 30 nitrogen and oxygen atoms in total. The first-order valence-electron chi connectivity index (χ1n) is 52.5. The molecule has 6 aromatic rings. The molecular formula is C112H155F6N11O19S2. The Morgan fingerprint density at radius 1 is 0.373 bits per heavy atom. The zero-order valence-corrected chi connectivity index (χ0v) is 90.8. The summed E-state index contributed by atoms with van der Waals surface area (Å²) in [5.41, 5.74) is 7.91. The topological polar surface area (TPSA) is 433 Å². The number of Topliss-reactive ketones (excluding diaryl/α,β-unsaturated/α-hetero) is 4. The first kappa shape index (κ1) is 121. The third kappa shape index (κ3) is 38.0. The molecule has 6 aromatic heterocycles. The number of nitrogens with zero attached hydrogens (tertiary/aromatic N) is 9. The highest BCUT2D eigenvalue weighted by Gasteiger charge is 2.54. The zero-order valence-electron chi connectivity index (χ0n) is 89.1. The molecule has 0 amide bonds. The minimum Gasteiger partial charge on any atom is -0.495 e. The molecular weight excluding hydrogens is 1980 g/mol. The summed E-state index contributed by atoms with van der Waals surface area (Å²) < 4.78 is 162. The molecule has 0 saturated heterocycles. The van der Waals surface area contributed by atoms with Gasteiger partial charge in [-0.15, -0.1) is 30.6 Å². The summed E-state index contributed by atoms with van der Waals surface area (Å²) in [4.78, 5) is 61.7. The second kappa shape index (κ2) is 55.9. The van der Waals surface area contributed by atoms with Crippen LogP contribution in [0.4, 0.5) is 38.0 Å². The second-order valence-electron chi connectivity index (χ2n) is 42.7. The maximum atomic E-state index is 13.4. The number of halogens is 6. The quantitative estimate of drug-likeness (QED) is 0.0138. The zero-order chi connectivity index (χ0) is 110. The predicted molar refractivity (Wildman–Crippen MR) is 567 cm³/mol. The number of pyridine rings is 3. The van der Waals surface area contributed by atoms with Crippen LogP contribution in [0.5, 0.6) is 34.9 Å². The molecule has 7 N–H and O–H groups in total. The van der Waals surface area contributed by atoms with Crippen LogP contribution in [0, 0.1) is 87.3 Å². The lowest BCUT2D eigenvalue weighted by Crippen LogP contribution is -2.28. The van der Waals surface area contributed by atoms with Crippen LogP contribution in [-0.4, -0.2) is 217 Å². The van der Waals surface area contributed by atoms with Crippen molar-refractivity contribution in [1.29, 1.82) is 0 Å². The van der Waals surface area contributed by atoms with Crippen molar-refractivity contribution in [2.24, 2.45) is 87.3 Å². The molecule has 0 aromatic carbocycles. The Hall–Kier alpha value is -10.5. The molecule has 9 saturated carbocycles. The first-order valence-corrected chi connectivity index (χ1v) is 56.3. The maximum absolute atomic E-state index is 13.4. The van der Waals surface area contributed by atoms with Crippen molar-refractivity contribution >= 4 is 91.3 Å². The van der Waals surface area contributed by atoms with Gasteiger partial charge in [-0.1, -0.05) is 113 Å². The fraction of sp³-hybridized carbons (Fsp3) is 0.616. The predicted octanol–water partition coefficient (Wildman–Crippen LogP) is 21.6. The van der Waals surface area contributed by atoms with E-state index in [0.29, 0.717) is 193 Å². The number of carbonyl (C=O) groups excluding carboxylic acids is 4. The van der Waals surface area contributed by atoms with Crippen molar-refractivity contribution in [3.05, 3.63) is 148 Å². The average Bonchev–Trinajstić information content (AvgIpc) is 1.61. The number of sulfonamides is 2. The Balaban J connectivity index is 0.000000184. The molecule has 38 heteroatoms. The SMILES string of the molecule is CC[C@H](CO)CC(=O)c1cc(/C=C/C2CC3(CC3)C2)c(OC)cn1.CC[C@H](CO)CC(=O)c1cc(/C=C/C2CC3(CC3)C2)c(OC)nn1.CC[C@H](CO)CC(=O)c1cc(/C=C/C2CCC(C(C)(F)F)CC2)c(OC)nn1.COc1cnc(C(=O)CC[C@H](O)CO)cc1/C=C/C1CC2(CC2)C1.COc1cnc(NS(C)(=O)=O)cc1/C=C/C1CCC(C(C)(F)F)CC1.COc1nnc(NS(C)(=O)=O)cc1/C=C/C1CCC(C(C)(F)F)CC1. The molecule has 6 heterocycles. The standard InChI is InChI=1S/C21H30F2N2O3.C20H27NO3.C19H26N2O3.C19H25NO4.C17H24F2N2O3S.C16H23F2N3O3S/c1-4-14(13-26)11-19(27)18-12-16(20(28-3)25-24-18)8-5-15-6-9-17(10-7-15)21(2,22)23;1-3-14(13-22)8-18(23)17-9-16(19(24-2)12-21-17)5-4-15-10-20(11-15)6-7-20;1-3-13(12-22)8-17(23)16-9-15(18(24-2)21-20-16)5-4-14-10-19(11-14)6-7-19;1-24-18-11-20-16(17(23)5-4-15(22)12-21)8-14(18)3-2-13-9-19(10-13)6-7-19;1-17(18,19)14-8-5-12(6-9-14)4-7-13-10-16(21-25(3,22)23)20-11-15(13)24-2;1-16(17,18)13-8-5-11(6-9-13)4-7-12-10-14(21-25(3,22)23)19-20-15(12)24-2/h5,8,12,14-15,17,26H,4,6-7,9-11,13H2,1-3H3;4-5,9,12,14-15,22H,3,6-8,10-11,13H2,1-2H3;4-5,9,13-14,22H,3,6-8,10-12H2,1-2H3;2-3,8,11,13,15,21-22H,4-7,9-10,12H2,1H3;4,7,10-12,14H,5-6,8-9H2,1-3H3,(H,20,21);4,7,10-11,13H,5-6,8-9H2,1-3H3,(H,19,21)/b8-5+;2*5-4+;3-2+;2*7-4+/t14-,15?,17?;14-;13-;15-;;/m0000../s1.